The zero-order valence-corrected chi connectivity index (χ0v) is 12.8. The summed E-state index contributed by atoms with van der Waals surface area (Å²) in [4.78, 5) is 21.8. The van der Waals surface area contributed by atoms with Crippen molar-refractivity contribution in [1.82, 2.24) is 10.6 Å². The van der Waals surface area contributed by atoms with Gasteiger partial charge in [-0.3, -0.25) is 14.9 Å². The zero-order valence-electron chi connectivity index (χ0n) is 12.0. The average Bonchev–Trinajstić information content (AvgIpc) is 2.43. The minimum atomic E-state index is -0.541. The van der Waals surface area contributed by atoms with Crippen molar-refractivity contribution in [2.45, 2.75) is 19.9 Å². The molecule has 1 atom stereocenters. The van der Waals surface area contributed by atoms with Crippen LogP contribution in [-0.4, -0.2) is 36.6 Å². The van der Waals surface area contributed by atoms with E-state index in [4.69, 9.17) is 4.74 Å². The van der Waals surface area contributed by atoms with Gasteiger partial charge in [0.2, 0.25) is 0 Å². The van der Waals surface area contributed by atoms with Gasteiger partial charge < -0.3 is 15.4 Å². The molecule has 0 aliphatic carbocycles. The van der Waals surface area contributed by atoms with Crippen LogP contribution in [0.2, 0.25) is 0 Å². The fourth-order valence-electron chi connectivity index (χ4n) is 1.61. The number of likely N-dealkylation sites (N-methyl/N-ethyl adjacent to an activating group) is 1. The van der Waals surface area contributed by atoms with E-state index in [1.54, 1.807) is 12.1 Å². The number of benzene rings is 1. The van der Waals surface area contributed by atoms with Gasteiger partial charge in [0.15, 0.2) is 12.4 Å². The highest BCUT2D eigenvalue weighted by atomic mass is 35.5. The second-order valence-electron chi connectivity index (χ2n) is 4.28. The van der Waals surface area contributed by atoms with Crippen LogP contribution >= 0.6 is 12.4 Å². The number of hydrogen-bond acceptors (Lipinski definition) is 5. The molecule has 1 amide bonds. The molecule has 1 rings (SSSR count). The summed E-state index contributed by atoms with van der Waals surface area (Å²) in [5, 5.41) is 16.6. The summed E-state index contributed by atoms with van der Waals surface area (Å²) in [5.41, 5.74) is -0.152. The maximum Gasteiger partial charge on any atom is 0.310 e. The van der Waals surface area contributed by atoms with E-state index in [0.717, 1.165) is 6.54 Å². The average molecular weight is 318 g/mol. The number of para-hydroxylation sites is 2. The number of ether oxygens (including phenoxy) is 1. The summed E-state index contributed by atoms with van der Waals surface area (Å²) >= 11 is 0. The molecule has 0 fully saturated rings. The Kier molecular flexibility index (Phi) is 9.07. The highest BCUT2D eigenvalue weighted by molar-refractivity contribution is 5.85. The van der Waals surface area contributed by atoms with Crippen molar-refractivity contribution in [2.75, 3.05) is 19.7 Å². The molecule has 0 aliphatic heterocycles. The summed E-state index contributed by atoms with van der Waals surface area (Å²) in [6.45, 7) is 4.99. The Labute approximate surface area is 129 Å². The number of carbonyl (C=O) groups is 1. The van der Waals surface area contributed by atoms with Gasteiger partial charge in [-0.25, -0.2) is 0 Å². The first-order valence-electron chi connectivity index (χ1n) is 6.41. The number of nitro groups is 1. The summed E-state index contributed by atoms with van der Waals surface area (Å²) < 4.78 is 5.18. The third-order valence-electron chi connectivity index (χ3n) is 2.58. The first kappa shape index (κ1) is 19.1. The van der Waals surface area contributed by atoms with E-state index >= 15 is 0 Å². The molecule has 0 saturated carbocycles. The lowest BCUT2D eigenvalue weighted by molar-refractivity contribution is -0.385. The molecule has 0 spiro atoms. The van der Waals surface area contributed by atoms with Crippen molar-refractivity contribution in [2.24, 2.45) is 0 Å². The van der Waals surface area contributed by atoms with Crippen LogP contribution in [0.25, 0.3) is 0 Å². The molecule has 0 bridgehead atoms. The number of rotatable bonds is 8. The number of nitrogens with zero attached hydrogens (tertiary/aromatic N) is 1. The monoisotopic (exact) mass is 317 g/mol. The number of nitro benzene ring substituents is 1. The predicted molar refractivity (Wildman–Crippen MR) is 82.0 cm³/mol. The van der Waals surface area contributed by atoms with Crippen LogP contribution in [-0.2, 0) is 4.79 Å². The SMILES string of the molecule is CCN[C@H](C)CNC(=O)COc1ccccc1[N+](=O)[O-].Cl. The highest BCUT2D eigenvalue weighted by Crippen LogP contribution is 2.25. The topological polar surface area (TPSA) is 93.5 Å². The van der Waals surface area contributed by atoms with Gasteiger partial charge in [0.1, 0.15) is 0 Å². The van der Waals surface area contributed by atoms with Crippen LogP contribution in [0.3, 0.4) is 0 Å². The lowest BCUT2D eigenvalue weighted by Gasteiger charge is -2.13. The maximum absolute atomic E-state index is 11.6. The molecule has 0 aromatic heterocycles. The molecule has 21 heavy (non-hydrogen) atoms. The van der Waals surface area contributed by atoms with E-state index in [1.165, 1.54) is 12.1 Å². The van der Waals surface area contributed by atoms with Crippen molar-refractivity contribution in [3.8, 4) is 5.75 Å². The Hall–Kier alpha value is -1.86. The van der Waals surface area contributed by atoms with E-state index in [-0.39, 0.29) is 42.4 Å². The van der Waals surface area contributed by atoms with Crippen LogP contribution in [0.1, 0.15) is 13.8 Å². The molecule has 8 heteroatoms. The molecule has 1 aromatic carbocycles. The van der Waals surface area contributed by atoms with Gasteiger partial charge in [-0.05, 0) is 19.5 Å². The van der Waals surface area contributed by atoms with Crippen LogP contribution in [0.4, 0.5) is 5.69 Å². The summed E-state index contributed by atoms with van der Waals surface area (Å²) in [7, 11) is 0. The number of nitrogens with one attached hydrogen (secondary N) is 2. The Bertz CT molecular complexity index is 470. The molecule has 0 aliphatic rings. The largest absolute Gasteiger partial charge is 0.477 e. The Morgan fingerprint density at radius 3 is 2.71 bits per heavy atom. The van der Waals surface area contributed by atoms with Gasteiger partial charge in [-0.1, -0.05) is 19.1 Å². The van der Waals surface area contributed by atoms with Gasteiger partial charge in [-0.2, -0.15) is 0 Å². The molecule has 1 aromatic rings. The normalized spacial score (nSPS) is 11.1. The van der Waals surface area contributed by atoms with E-state index in [9.17, 15) is 14.9 Å². The third kappa shape index (κ3) is 6.92. The van der Waals surface area contributed by atoms with Crippen molar-refractivity contribution in [1.29, 1.82) is 0 Å². The molecule has 0 unspecified atom stereocenters. The first-order chi connectivity index (χ1) is 9.54. The molecule has 7 nitrogen and oxygen atoms in total. The second kappa shape index (κ2) is 9.95. The Morgan fingerprint density at radius 1 is 1.43 bits per heavy atom. The molecule has 118 valence electrons. The van der Waals surface area contributed by atoms with Crippen LogP contribution in [0.15, 0.2) is 24.3 Å². The van der Waals surface area contributed by atoms with E-state index in [0.29, 0.717) is 6.54 Å². The number of amides is 1. The van der Waals surface area contributed by atoms with E-state index in [1.807, 2.05) is 13.8 Å². The summed E-state index contributed by atoms with van der Waals surface area (Å²) in [6, 6.07) is 6.12. The van der Waals surface area contributed by atoms with Crippen molar-refractivity contribution in [3.63, 3.8) is 0 Å². The van der Waals surface area contributed by atoms with Gasteiger partial charge in [-0.15, -0.1) is 12.4 Å². The highest BCUT2D eigenvalue weighted by Gasteiger charge is 2.14. The van der Waals surface area contributed by atoms with Crippen LogP contribution in [0.5, 0.6) is 5.75 Å². The maximum atomic E-state index is 11.6. The zero-order chi connectivity index (χ0) is 15.0. The molecule has 0 saturated heterocycles. The summed E-state index contributed by atoms with van der Waals surface area (Å²) in [5.74, 6) is -0.222. The molecule has 0 heterocycles. The Balaban J connectivity index is 0.00000400. The second-order valence-corrected chi connectivity index (χ2v) is 4.28. The van der Waals surface area contributed by atoms with Gasteiger partial charge >= 0.3 is 5.69 Å². The lowest BCUT2D eigenvalue weighted by atomic mass is 10.3. The van der Waals surface area contributed by atoms with Crippen molar-refractivity contribution >= 4 is 24.0 Å². The molecule has 0 radical (unpaired) electrons. The lowest BCUT2D eigenvalue weighted by Crippen LogP contribution is -2.40. The standard InChI is InChI=1S/C13H19N3O4.ClH/c1-3-14-10(2)8-15-13(17)9-20-12-7-5-4-6-11(12)16(18)19;/h4-7,10,14H,3,8-9H2,1-2H3,(H,15,17);1H/t10-;/m1./s1. The third-order valence-corrected chi connectivity index (χ3v) is 2.58. The van der Waals surface area contributed by atoms with Gasteiger partial charge in [0, 0.05) is 18.7 Å². The van der Waals surface area contributed by atoms with Crippen LogP contribution in [0, 0.1) is 10.1 Å². The summed E-state index contributed by atoms with van der Waals surface area (Å²) in [6.07, 6.45) is 0. The molecular formula is C13H20ClN3O4. The fourth-order valence-corrected chi connectivity index (χ4v) is 1.61. The van der Waals surface area contributed by atoms with Gasteiger partial charge in [0.05, 0.1) is 4.92 Å². The minimum absolute atomic E-state index is 0. The van der Waals surface area contributed by atoms with Crippen LogP contribution < -0.4 is 15.4 Å². The first-order valence-corrected chi connectivity index (χ1v) is 6.41. The molecular weight excluding hydrogens is 298 g/mol. The van der Waals surface area contributed by atoms with Gasteiger partial charge in [0.25, 0.3) is 5.91 Å². The quantitative estimate of drug-likeness (QED) is 0.560. The molecule has 2 N–H and O–H groups in total. The van der Waals surface area contributed by atoms with Crippen molar-refractivity contribution in [3.05, 3.63) is 34.4 Å². The number of halogens is 1. The van der Waals surface area contributed by atoms with E-state index in [2.05, 4.69) is 10.6 Å². The minimum Gasteiger partial charge on any atom is -0.477 e. The fraction of sp³-hybridized carbons (Fsp3) is 0.462. The smallest absolute Gasteiger partial charge is 0.310 e. The number of carbonyl (C=O) groups excluding carboxylic acids is 1. The number of hydrogen-bond donors (Lipinski definition) is 2. The predicted octanol–water partition coefficient (Wildman–Crippen LogP) is 1.51. The Morgan fingerprint density at radius 2 is 2.10 bits per heavy atom. The van der Waals surface area contributed by atoms with Crippen molar-refractivity contribution < 1.29 is 14.5 Å². The van der Waals surface area contributed by atoms with E-state index < -0.39 is 4.92 Å².